The minimum absolute atomic E-state index is 0.207. The fourth-order valence-electron chi connectivity index (χ4n) is 7.84. The van der Waals surface area contributed by atoms with Crippen LogP contribution in [0.25, 0.3) is 0 Å². The van der Waals surface area contributed by atoms with E-state index in [1.807, 2.05) is 6.07 Å². The van der Waals surface area contributed by atoms with E-state index in [2.05, 4.69) is 59.0 Å². The van der Waals surface area contributed by atoms with Gasteiger partial charge < -0.3 is 13.9 Å². The first kappa shape index (κ1) is 28.3. The zero-order valence-electron chi connectivity index (χ0n) is 25.1. The van der Waals surface area contributed by atoms with Crippen LogP contribution in [0.5, 0.6) is 17.2 Å². The van der Waals surface area contributed by atoms with Crippen LogP contribution in [0, 0.1) is 23.2 Å². The number of ether oxygens (including phenoxy) is 2. The van der Waals surface area contributed by atoms with Crippen molar-refractivity contribution in [2.45, 2.75) is 96.7 Å². The van der Waals surface area contributed by atoms with Crippen molar-refractivity contribution < 1.29 is 18.7 Å². The third-order valence-corrected chi connectivity index (χ3v) is 15.5. The van der Waals surface area contributed by atoms with Gasteiger partial charge in [-0.15, -0.1) is 0 Å². The normalized spacial score (nSPS) is 28.2. The van der Waals surface area contributed by atoms with Crippen LogP contribution in [0.15, 0.2) is 36.4 Å². The highest BCUT2D eigenvalue weighted by Crippen LogP contribution is 2.63. The van der Waals surface area contributed by atoms with Gasteiger partial charge in [-0.3, -0.25) is 4.79 Å². The van der Waals surface area contributed by atoms with E-state index in [4.69, 9.17) is 13.9 Å². The number of hydrogen-bond donors (Lipinski definition) is 0. The molecular formula is C34H48O4Si. The monoisotopic (exact) mass is 548 g/mol. The Hall–Kier alpha value is -2.27. The zero-order chi connectivity index (χ0) is 28.0. The summed E-state index contributed by atoms with van der Waals surface area (Å²) in [6.45, 7) is 14.9. The van der Waals surface area contributed by atoms with E-state index in [-0.39, 0.29) is 5.04 Å². The van der Waals surface area contributed by atoms with Crippen LogP contribution < -0.4 is 13.9 Å². The van der Waals surface area contributed by atoms with E-state index in [0.717, 1.165) is 36.0 Å². The molecule has 2 saturated carbocycles. The van der Waals surface area contributed by atoms with Gasteiger partial charge in [-0.2, -0.15) is 0 Å². The fourth-order valence-corrected chi connectivity index (χ4v) is 8.86. The van der Waals surface area contributed by atoms with Gasteiger partial charge in [-0.1, -0.05) is 33.8 Å². The van der Waals surface area contributed by atoms with E-state index in [1.54, 1.807) is 24.8 Å². The average molecular weight is 549 g/mol. The lowest BCUT2D eigenvalue weighted by atomic mass is 9.54. The van der Waals surface area contributed by atoms with Crippen LogP contribution in [0.3, 0.4) is 0 Å². The second-order valence-electron chi connectivity index (χ2n) is 14.1. The maximum Gasteiger partial charge on any atom is 0.250 e. The first-order chi connectivity index (χ1) is 18.5. The van der Waals surface area contributed by atoms with Crippen molar-refractivity contribution in [3.8, 4) is 17.2 Å². The molecule has 0 spiro atoms. The highest BCUT2D eigenvalue weighted by atomic mass is 28.4. The molecule has 0 bridgehead atoms. The van der Waals surface area contributed by atoms with E-state index in [9.17, 15) is 4.79 Å². The van der Waals surface area contributed by atoms with Gasteiger partial charge in [0, 0.05) is 5.56 Å². The SMILES string of the molecule is COc1cc(C=O)ccc1OCC[C@H]1CCC2C3CCc4cc(O[Si](C)(C)C(C)(C)C)ccc4C3CCC21C. The van der Waals surface area contributed by atoms with Gasteiger partial charge in [0.1, 0.15) is 12.0 Å². The van der Waals surface area contributed by atoms with E-state index >= 15 is 0 Å². The lowest BCUT2D eigenvalue weighted by molar-refractivity contribution is 0.0219. The maximum absolute atomic E-state index is 11.1. The van der Waals surface area contributed by atoms with Gasteiger partial charge in [0.15, 0.2) is 11.5 Å². The van der Waals surface area contributed by atoms with Crippen molar-refractivity contribution in [1.82, 2.24) is 0 Å². The molecular weight excluding hydrogens is 500 g/mol. The van der Waals surface area contributed by atoms with Crippen molar-refractivity contribution in [2.24, 2.45) is 23.2 Å². The molecule has 0 aliphatic heterocycles. The summed E-state index contributed by atoms with van der Waals surface area (Å²) in [5, 5.41) is 0.207. The number of aldehydes is 1. The molecule has 2 aromatic carbocycles. The van der Waals surface area contributed by atoms with Crippen LogP contribution in [0.1, 0.15) is 93.6 Å². The standard InChI is InChI=1S/C34H48O4Si/c1-33(2,3)39(6,7)38-26-11-13-27-24(21-26)9-12-29-28(27)16-18-34(4)25(10-14-30(29)34)17-19-37-31-15-8-23(22-35)20-32(31)36-5/h8,11,13,15,20-22,25,28-30H,9-10,12,14,16-19H2,1-7H3/t25-,28?,29?,30?,34?/m1/s1. The van der Waals surface area contributed by atoms with Gasteiger partial charge in [0.05, 0.1) is 13.7 Å². The van der Waals surface area contributed by atoms with Crippen molar-refractivity contribution >= 4 is 14.6 Å². The Kier molecular flexibility index (Phi) is 7.69. The molecule has 2 fully saturated rings. The molecule has 4 nitrogen and oxygen atoms in total. The lowest BCUT2D eigenvalue weighted by Crippen LogP contribution is -2.44. The number of aryl methyl sites for hydroxylation is 1. The molecule has 39 heavy (non-hydrogen) atoms. The van der Waals surface area contributed by atoms with E-state index in [1.165, 1.54) is 44.1 Å². The molecule has 3 aliphatic carbocycles. The molecule has 5 heteroatoms. The highest BCUT2D eigenvalue weighted by Gasteiger charge is 2.54. The van der Waals surface area contributed by atoms with E-state index in [0.29, 0.717) is 35.2 Å². The Balaban J connectivity index is 1.24. The molecule has 3 aliphatic rings. The van der Waals surface area contributed by atoms with E-state index < -0.39 is 8.32 Å². The summed E-state index contributed by atoms with van der Waals surface area (Å²) in [6.07, 6.45) is 9.67. The van der Waals surface area contributed by atoms with Crippen LogP contribution in [0.4, 0.5) is 0 Å². The molecule has 0 aromatic heterocycles. The van der Waals surface area contributed by atoms with Crippen LogP contribution in [0.2, 0.25) is 18.1 Å². The van der Waals surface area contributed by atoms with Gasteiger partial charge in [-0.25, -0.2) is 0 Å². The number of rotatable bonds is 8. The molecule has 5 rings (SSSR count). The smallest absolute Gasteiger partial charge is 0.250 e. The molecule has 0 heterocycles. The van der Waals surface area contributed by atoms with Gasteiger partial charge in [-0.05, 0) is 134 Å². The van der Waals surface area contributed by atoms with Crippen molar-refractivity contribution in [3.05, 3.63) is 53.1 Å². The zero-order valence-corrected chi connectivity index (χ0v) is 26.1. The predicted octanol–water partition coefficient (Wildman–Crippen LogP) is 8.83. The summed E-state index contributed by atoms with van der Waals surface area (Å²) in [4.78, 5) is 11.1. The Morgan fingerprint density at radius 1 is 1.03 bits per heavy atom. The molecule has 0 saturated heterocycles. The topological polar surface area (TPSA) is 44.8 Å². The molecule has 4 unspecified atom stereocenters. The number of carbonyl (C=O) groups is 1. The summed E-state index contributed by atoms with van der Waals surface area (Å²) in [6, 6.07) is 12.5. The van der Waals surface area contributed by atoms with Crippen LogP contribution in [-0.2, 0) is 6.42 Å². The third-order valence-electron chi connectivity index (χ3n) is 11.1. The Morgan fingerprint density at radius 2 is 1.82 bits per heavy atom. The summed E-state index contributed by atoms with van der Waals surface area (Å²) >= 11 is 0. The quantitative estimate of drug-likeness (QED) is 0.244. The van der Waals surface area contributed by atoms with Crippen LogP contribution >= 0.6 is 0 Å². The minimum Gasteiger partial charge on any atom is -0.543 e. The minimum atomic E-state index is -1.83. The molecule has 2 aromatic rings. The summed E-state index contributed by atoms with van der Waals surface area (Å²) in [5.41, 5.74) is 4.15. The molecule has 212 valence electrons. The number of methoxy groups -OCH3 is 1. The number of hydrogen-bond acceptors (Lipinski definition) is 4. The Labute approximate surface area is 237 Å². The number of benzene rings is 2. The van der Waals surface area contributed by atoms with Gasteiger partial charge in [0.25, 0.3) is 0 Å². The molecule has 0 amide bonds. The van der Waals surface area contributed by atoms with Crippen molar-refractivity contribution in [1.29, 1.82) is 0 Å². The number of fused-ring (bicyclic) bond motifs is 5. The lowest BCUT2D eigenvalue weighted by Gasteiger charge is -2.51. The highest BCUT2D eigenvalue weighted by molar-refractivity contribution is 6.74. The summed E-state index contributed by atoms with van der Waals surface area (Å²) < 4.78 is 18.3. The maximum atomic E-state index is 11.1. The molecule has 5 atom stereocenters. The fraction of sp³-hybridized carbons (Fsp3) is 0.618. The first-order valence-electron chi connectivity index (χ1n) is 15.0. The summed E-state index contributed by atoms with van der Waals surface area (Å²) in [5.74, 6) is 5.44. The first-order valence-corrected chi connectivity index (χ1v) is 18.0. The molecule has 0 radical (unpaired) electrons. The largest absolute Gasteiger partial charge is 0.543 e. The van der Waals surface area contributed by atoms with Crippen LogP contribution in [-0.4, -0.2) is 28.3 Å². The van der Waals surface area contributed by atoms with Gasteiger partial charge in [0.2, 0.25) is 8.32 Å². The number of carbonyl (C=O) groups excluding carboxylic acids is 1. The average Bonchev–Trinajstić information content (AvgIpc) is 3.23. The summed E-state index contributed by atoms with van der Waals surface area (Å²) in [7, 11) is -0.207. The van der Waals surface area contributed by atoms with Crippen molar-refractivity contribution in [2.75, 3.05) is 13.7 Å². The second kappa shape index (κ2) is 10.6. The predicted molar refractivity (Wildman–Crippen MR) is 161 cm³/mol. The molecule has 0 N–H and O–H groups in total. The third kappa shape index (κ3) is 5.28. The van der Waals surface area contributed by atoms with Gasteiger partial charge >= 0.3 is 0 Å². The Bertz CT molecular complexity index is 1200. The Morgan fingerprint density at radius 3 is 2.54 bits per heavy atom. The second-order valence-corrected chi connectivity index (χ2v) is 18.8. The van der Waals surface area contributed by atoms with Crippen molar-refractivity contribution in [3.63, 3.8) is 0 Å².